The number of carbonyl (C=O) groups is 1. The zero-order valence-electron chi connectivity index (χ0n) is 17.1. The summed E-state index contributed by atoms with van der Waals surface area (Å²) in [7, 11) is 0. The van der Waals surface area contributed by atoms with Crippen LogP contribution in [0.2, 0.25) is 0 Å². The summed E-state index contributed by atoms with van der Waals surface area (Å²) < 4.78 is 1.68. The number of carbonyl (C=O) groups excluding carboxylic acids is 1. The van der Waals surface area contributed by atoms with Crippen LogP contribution in [0.3, 0.4) is 0 Å². The summed E-state index contributed by atoms with van der Waals surface area (Å²) in [6, 6.07) is 24.5. The lowest BCUT2D eigenvalue weighted by Crippen LogP contribution is -2.50. The van der Waals surface area contributed by atoms with Crippen LogP contribution < -0.4 is 0 Å². The van der Waals surface area contributed by atoms with Crippen LogP contribution in [0.25, 0.3) is 5.65 Å². The number of piperazine rings is 1. The standard InChI is InChI=1S/C25H24N4O2/c30-22-12-7-13-29-18-21(26-24(22)29)25(31)28-16-14-27(15-17-28)23(19-8-3-1-4-9-19)20-10-5-2-6-11-20/h1-13,18,23,30H,14-17H2. The molecule has 156 valence electrons. The molecule has 5 rings (SSSR count). The molecule has 1 aliphatic heterocycles. The third-order valence-corrected chi connectivity index (χ3v) is 5.88. The van der Waals surface area contributed by atoms with Gasteiger partial charge < -0.3 is 14.4 Å². The van der Waals surface area contributed by atoms with Crippen LogP contribution in [0.1, 0.15) is 27.7 Å². The van der Waals surface area contributed by atoms with Crippen LogP contribution in [-0.2, 0) is 0 Å². The fourth-order valence-electron chi connectivity index (χ4n) is 4.33. The molecular weight excluding hydrogens is 388 g/mol. The van der Waals surface area contributed by atoms with Crippen LogP contribution in [0.15, 0.2) is 85.2 Å². The van der Waals surface area contributed by atoms with Crippen molar-refractivity contribution in [3.05, 3.63) is 102 Å². The molecule has 1 aliphatic rings. The van der Waals surface area contributed by atoms with Gasteiger partial charge in [0.15, 0.2) is 11.4 Å². The number of nitrogens with zero attached hydrogens (tertiary/aromatic N) is 4. The highest BCUT2D eigenvalue weighted by molar-refractivity contribution is 5.93. The van der Waals surface area contributed by atoms with Gasteiger partial charge in [-0.2, -0.15) is 0 Å². The number of imidazole rings is 1. The summed E-state index contributed by atoms with van der Waals surface area (Å²) in [5.41, 5.74) is 3.27. The minimum atomic E-state index is -0.0984. The van der Waals surface area contributed by atoms with E-state index in [1.165, 1.54) is 11.1 Å². The van der Waals surface area contributed by atoms with Gasteiger partial charge >= 0.3 is 0 Å². The van der Waals surface area contributed by atoms with Crippen molar-refractivity contribution >= 4 is 11.6 Å². The van der Waals surface area contributed by atoms with E-state index in [-0.39, 0.29) is 17.7 Å². The molecule has 6 heteroatoms. The van der Waals surface area contributed by atoms with Crippen LogP contribution >= 0.6 is 0 Å². The molecule has 1 N–H and O–H groups in total. The van der Waals surface area contributed by atoms with Crippen LogP contribution in [0, 0.1) is 0 Å². The van der Waals surface area contributed by atoms with Crippen molar-refractivity contribution in [2.75, 3.05) is 26.2 Å². The molecule has 3 heterocycles. The SMILES string of the molecule is O=C(c1cn2cccc(O)c2n1)N1CCN(C(c2ccccc2)c2ccccc2)CC1. The molecule has 1 amide bonds. The van der Waals surface area contributed by atoms with Gasteiger partial charge in [0.1, 0.15) is 5.69 Å². The van der Waals surface area contributed by atoms with Gasteiger partial charge in [-0.3, -0.25) is 9.69 Å². The monoisotopic (exact) mass is 412 g/mol. The number of aromatic hydroxyl groups is 1. The molecule has 4 aromatic rings. The predicted molar refractivity (Wildman–Crippen MR) is 119 cm³/mol. The number of hydrogen-bond donors (Lipinski definition) is 1. The maximum Gasteiger partial charge on any atom is 0.274 e. The first-order valence-corrected chi connectivity index (χ1v) is 10.5. The van der Waals surface area contributed by atoms with E-state index in [0.29, 0.717) is 24.4 Å². The fraction of sp³-hybridized carbons (Fsp3) is 0.200. The zero-order chi connectivity index (χ0) is 21.2. The van der Waals surface area contributed by atoms with Crippen molar-refractivity contribution in [3.8, 4) is 5.75 Å². The van der Waals surface area contributed by atoms with Crippen LogP contribution in [0.5, 0.6) is 5.75 Å². The van der Waals surface area contributed by atoms with Crippen molar-refractivity contribution in [2.24, 2.45) is 0 Å². The van der Waals surface area contributed by atoms with Crippen molar-refractivity contribution in [3.63, 3.8) is 0 Å². The Hall–Kier alpha value is -3.64. The van der Waals surface area contributed by atoms with Gasteiger partial charge in [0.2, 0.25) is 0 Å². The van der Waals surface area contributed by atoms with Gasteiger partial charge in [0, 0.05) is 38.6 Å². The largest absolute Gasteiger partial charge is 0.504 e. The summed E-state index contributed by atoms with van der Waals surface area (Å²) in [5, 5.41) is 9.97. The van der Waals surface area contributed by atoms with Crippen LogP contribution in [-0.4, -0.2) is 56.4 Å². The highest BCUT2D eigenvalue weighted by atomic mass is 16.3. The topological polar surface area (TPSA) is 61.1 Å². The lowest BCUT2D eigenvalue weighted by molar-refractivity contribution is 0.0592. The molecule has 0 radical (unpaired) electrons. The number of benzene rings is 2. The highest BCUT2D eigenvalue weighted by Gasteiger charge is 2.29. The molecule has 1 fully saturated rings. The van der Waals surface area contributed by atoms with E-state index in [1.807, 2.05) is 17.0 Å². The van der Waals surface area contributed by atoms with Gasteiger partial charge in [-0.05, 0) is 23.3 Å². The maximum absolute atomic E-state index is 13.0. The molecule has 0 saturated carbocycles. The molecule has 0 aliphatic carbocycles. The number of aromatic nitrogens is 2. The van der Waals surface area contributed by atoms with Gasteiger partial charge in [-0.1, -0.05) is 60.7 Å². The second-order valence-corrected chi connectivity index (χ2v) is 7.80. The predicted octanol–water partition coefficient (Wildman–Crippen LogP) is 3.59. The smallest absolute Gasteiger partial charge is 0.274 e. The molecule has 6 nitrogen and oxygen atoms in total. The summed E-state index contributed by atoms with van der Waals surface area (Å²) in [6.07, 6.45) is 3.46. The Kier molecular flexibility index (Phi) is 5.14. The molecule has 0 bridgehead atoms. The van der Waals surface area contributed by atoms with Crippen LogP contribution in [0.4, 0.5) is 0 Å². The third-order valence-electron chi connectivity index (χ3n) is 5.88. The zero-order valence-corrected chi connectivity index (χ0v) is 17.1. The highest BCUT2D eigenvalue weighted by Crippen LogP contribution is 2.29. The Balaban J connectivity index is 1.34. The molecular formula is C25H24N4O2. The van der Waals surface area contributed by atoms with E-state index < -0.39 is 0 Å². The second kappa shape index (κ2) is 8.24. The quantitative estimate of drug-likeness (QED) is 0.557. The minimum Gasteiger partial charge on any atom is -0.504 e. The average Bonchev–Trinajstić information content (AvgIpc) is 3.27. The van der Waals surface area contributed by atoms with Crippen molar-refractivity contribution in [1.29, 1.82) is 0 Å². The first-order chi connectivity index (χ1) is 15.2. The Labute approximate surface area is 181 Å². The minimum absolute atomic E-state index is 0.0694. The molecule has 2 aromatic carbocycles. The molecule has 0 atom stereocenters. The first-order valence-electron chi connectivity index (χ1n) is 10.5. The van der Waals surface area contributed by atoms with E-state index >= 15 is 0 Å². The number of amides is 1. The Morgan fingerprint density at radius 1 is 0.839 bits per heavy atom. The number of rotatable bonds is 4. The fourth-order valence-corrected chi connectivity index (χ4v) is 4.33. The van der Waals surface area contributed by atoms with E-state index in [9.17, 15) is 9.90 Å². The van der Waals surface area contributed by atoms with Crippen molar-refractivity contribution < 1.29 is 9.90 Å². The van der Waals surface area contributed by atoms with E-state index in [1.54, 1.807) is 28.9 Å². The molecule has 31 heavy (non-hydrogen) atoms. The second-order valence-electron chi connectivity index (χ2n) is 7.80. The summed E-state index contributed by atoms with van der Waals surface area (Å²) in [6.45, 7) is 2.82. The Morgan fingerprint density at radius 3 is 2.03 bits per heavy atom. The lowest BCUT2D eigenvalue weighted by atomic mass is 9.96. The number of fused-ring (bicyclic) bond motifs is 1. The van der Waals surface area contributed by atoms with Gasteiger partial charge in [0.05, 0.1) is 6.04 Å². The van der Waals surface area contributed by atoms with Gasteiger partial charge in [0.25, 0.3) is 5.91 Å². The van der Waals surface area contributed by atoms with Gasteiger partial charge in [-0.25, -0.2) is 4.98 Å². The number of hydrogen-bond acceptors (Lipinski definition) is 4. The Bertz CT molecular complexity index is 1140. The molecule has 2 aromatic heterocycles. The van der Waals surface area contributed by atoms with Gasteiger partial charge in [-0.15, -0.1) is 0 Å². The summed E-state index contributed by atoms with van der Waals surface area (Å²) >= 11 is 0. The van der Waals surface area contributed by atoms with E-state index in [4.69, 9.17) is 0 Å². The number of pyridine rings is 1. The Morgan fingerprint density at radius 2 is 1.45 bits per heavy atom. The lowest BCUT2D eigenvalue weighted by Gasteiger charge is -2.39. The molecule has 0 unspecified atom stereocenters. The van der Waals surface area contributed by atoms with E-state index in [2.05, 4.69) is 58.4 Å². The van der Waals surface area contributed by atoms with Crippen molar-refractivity contribution in [2.45, 2.75) is 6.04 Å². The average molecular weight is 412 g/mol. The maximum atomic E-state index is 13.0. The van der Waals surface area contributed by atoms with Crippen molar-refractivity contribution in [1.82, 2.24) is 19.2 Å². The third kappa shape index (κ3) is 3.78. The molecule has 0 spiro atoms. The first kappa shape index (κ1) is 19.3. The summed E-state index contributed by atoms with van der Waals surface area (Å²) in [5.74, 6) is -0.0290. The summed E-state index contributed by atoms with van der Waals surface area (Å²) in [4.78, 5) is 21.7. The molecule has 1 saturated heterocycles. The normalized spacial score (nSPS) is 14.9. The van der Waals surface area contributed by atoms with E-state index in [0.717, 1.165) is 13.1 Å².